The zero-order valence-electron chi connectivity index (χ0n) is 11.3. The molecule has 0 aliphatic rings. The fraction of sp³-hybridized carbons (Fsp3) is 0.357. The lowest BCUT2D eigenvalue weighted by atomic mass is 10.0. The highest BCUT2D eigenvalue weighted by atomic mass is 16.6. The first-order chi connectivity index (χ1) is 8.90. The number of nitro groups is 1. The van der Waals surface area contributed by atoms with Crippen LogP contribution in [-0.2, 0) is 13.5 Å². The van der Waals surface area contributed by atoms with E-state index in [9.17, 15) is 10.1 Å². The van der Waals surface area contributed by atoms with Crippen molar-refractivity contribution in [2.75, 3.05) is 0 Å². The van der Waals surface area contributed by atoms with Crippen LogP contribution in [0.2, 0.25) is 0 Å². The number of nitrogens with zero attached hydrogens (tertiary/aromatic N) is 3. The molecule has 100 valence electrons. The van der Waals surface area contributed by atoms with Gasteiger partial charge >= 0.3 is 0 Å². The Kier molecular flexibility index (Phi) is 3.38. The molecule has 2 rings (SSSR count). The number of hydrogen-bond donors (Lipinski definition) is 0. The quantitative estimate of drug-likeness (QED) is 0.626. The van der Waals surface area contributed by atoms with Crippen molar-refractivity contribution in [2.24, 2.45) is 7.05 Å². The normalized spacial score (nSPS) is 11.5. The van der Waals surface area contributed by atoms with E-state index in [1.807, 2.05) is 48.1 Å². The molecule has 0 spiro atoms. The molecule has 0 saturated carbocycles. The molecule has 0 fully saturated rings. The second-order valence-electron chi connectivity index (χ2n) is 5.28. The first kappa shape index (κ1) is 13.3. The predicted octanol–water partition coefficient (Wildman–Crippen LogP) is 2.68. The molecule has 0 bridgehead atoms. The molecule has 0 atom stereocenters. The van der Waals surface area contributed by atoms with Gasteiger partial charge in [0.25, 0.3) is 0 Å². The Morgan fingerprint density at radius 3 is 2.53 bits per heavy atom. The Morgan fingerprint density at radius 1 is 1.32 bits per heavy atom. The molecule has 0 radical (unpaired) electrons. The van der Waals surface area contributed by atoms with E-state index in [1.165, 1.54) is 0 Å². The van der Waals surface area contributed by atoms with E-state index in [0.29, 0.717) is 6.42 Å². The van der Waals surface area contributed by atoms with Gasteiger partial charge in [-0.15, -0.1) is 0 Å². The zero-order valence-corrected chi connectivity index (χ0v) is 11.3. The van der Waals surface area contributed by atoms with Gasteiger partial charge in [0.2, 0.25) is 5.54 Å². The van der Waals surface area contributed by atoms with Gasteiger partial charge in [0, 0.05) is 37.6 Å². The number of hydrogen-bond acceptors (Lipinski definition) is 3. The highest BCUT2D eigenvalue weighted by Gasteiger charge is 2.32. The van der Waals surface area contributed by atoms with Crippen molar-refractivity contribution in [2.45, 2.75) is 25.8 Å². The Labute approximate surface area is 112 Å². The maximum Gasteiger partial charge on any atom is 0.222 e. The molecule has 1 heterocycles. The molecule has 19 heavy (non-hydrogen) atoms. The van der Waals surface area contributed by atoms with Gasteiger partial charge in [-0.25, -0.2) is 4.98 Å². The number of rotatable bonds is 4. The highest BCUT2D eigenvalue weighted by Crippen LogP contribution is 2.21. The molecule has 1 aromatic carbocycles. The van der Waals surface area contributed by atoms with Crippen molar-refractivity contribution in [1.29, 1.82) is 0 Å². The van der Waals surface area contributed by atoms with Crippen molar-refractivity contribution < 1.29 is 4.92 Å². The molecule has 0 aliphatic heterocycles. The number of imidazole rings is 1. The van der Waals surface area contributed by atoms with Crippen LogP contribution in [-0.4, -0.2) is 20.0 Å². The summed E-state index contributed by atoms with van der Waals surface area (Å²) in [6.07, 6.45) is 2.17. The molecule has 5 heteroatoms. The van der Waals surface area contributed by atoms with Crippen LogP contribution in [0.25, 0.3) is 11.4 Å². The van der Waals surface area contributed by atoms with Crippen LogP contribution in [0.4, 0.5) is 0 Å². The molecule has 5 nitrogen and oxygen atoms in total. The summed E-state index contributed by atoms with van der Waals surface area (Å²) in [5.41, 5.74) is 0.751. The topological polar surface area (TPSA) is 61.0 Å². The van der Waals surface area contributed by atoms with Crippen molar-refractivity contribution in [3.05, 3.63) is 52.3 Å². The summed E-state index contributed by atoms with van der Waals surface area (Å²) in [6.45, 7) is 3.23. The molecular weight excluding hydrogens is 242 g/mol. The van der Waals surface area contributed by atoms with Gasteiger partial charge in [-0.2, -0.15) is 0 Å². The van der Waals surface area contributed by atoms with Gasteiger partial charge in [-0.05, 0) is 0 Å². The lowest BCUT2D eigenvalue weighted by Crippen LogP contribution is -2.33. The molecule has 0 N–H and O–H groups in total. The molecule has 2 aromatic rings. The first-order valence-corrected chi connectivity index (χ1v) is 6.12. The second-order valence-corrected chi connectivity index (χ2v) is 5.28. The zero-order chi connectivity index (χ0) is 14.0. The van der Waals surface area contributed by atoms with Gasteiger partial charge in [0.15, 0.2) is 0 Å². The number of aromatic nitrogens is 2. The van der Waals surface area contributed by atoms with E-state index < -0.39 is 5.54 Å². The Morgan fingerprint density at radius 2 is 1.95 bits per heavy atom. The summed E-state index contributed by atoms with van der Waals surface area (Å²) in [7, 11) is 1.90. The maximum absolute atomic E-state index is 11.0. The molecular formula is C14H17N3O2. The monoisotopic (exact) mass is 259 g/mol. The van der Waals surface area contributed by atoms with E-state index in [0.717, 1.165) is 17.1 Å². The summed E-state index contributed by atoms with van der Waals surface area (Å²) >= 11 is 0. The molecule has 0 saturated heterocycles. The maximum atomic E-state index is 11.0. The summed E-state index contributed by atoms with van der Waals surface area (Å²) in [5, 5.41) is 11.0. The van der Waals surface area contributed by atoms with Crippen molar-refractivity contribution in [1.82, 2.24) is 9.55 Å². The van der Waals surface area contributed by atoms with E-state index in [2.05, 4.69) is 4.98 Å². The van der Waals surface area contributed by atoms with Gasteiger partial charge in [-0.3, -0.25) is 10.1 Å². The van der Waals surface area contributed by atoms with Crippen LogP contribution in [0.1, 0.15) is 19.5 Å². The summed E-state index contributed by atoms with van der Waals surface area (Å²) in [6, 6.07) is 9.80. The van der Waals surface area contributed by atoms with Gasteiger partial charge < -0.3 is 4.57 Å². The van der Waals surface area contributed by atoms with Crippen LogP contribution in [0.5, 0.6) is 0 Å². The second kappa shape index (κ2) is 4.84. The van der Waals surface area contributed by atoms with Crippen LogP contribution < -0.4 is 0 Å². The third-order valence-corrected chi connectivity index (χ3v) is 3.07. The van der Waals surface area contributed by atoms with Crippen molar-refractivity contribution in [3.8, 4) is 11.4 Å². The van der Waals surface area contributed by atoms with Crippen LogP contribution in [0.15, 0.2) is 36.5 Å². The third kappa shape index (κ3) is 2.81. The minimum Gasteiger partial charge on any atom is -0.334 e. The van der Waals surface area contributed by atoms with E-state index in [-0.39, 0.29) is 4.92 Å². The summed E-state index contributed by atoms with van der Waals surface area (Å²) < 4.78 is 1.90. The Bertz CT molecular complexity index is 588. The third-order valence-electron chi connectivity index (χ3n) is 3.07. The largest absolute Gasteiger partial charge is 0.334 e. The van der Waals surface area contributed by atoms with E-state index >= 15 is 0 Å². The lowest BCUT2D eigenvalue weighted by molar-refractivity contribution is -0.560. The lowest BCUT2D eigenvalue weighted by Gasteiger charge is -2.13. The van der Waals surface area contributed by atoms with Crippen LogP contribution >= 0.6 is 0 Å². The van der Waals surface area contributed by atoms with Crippen molar-refractivity contribution in [3.63, 3.8) is 0 Å². The highest BCUT2D eigenvalue weighted by molar-refractivity contribution is 5.55. The minimum absolute atomic E-state index is 0.260. The molecule has 0 amide bonds. The fourth-order valence-corrected chi connectivity index (χ4v) is 1.98. The summed E-state index contributed by atoms with van der Waals surface area (Å²) in [4.78, 5) is 15.2. The fourth-order valence-electron chi connectivity index (χ4n) is 1.98. The Balaban J connectivity index is 2.30. The SMILES string of the molecule is Cn1cc(CC(C)(C)[N+](=O)[O-])nc1-c1ccccc1. The molecule has 0 aliphatic carbocycles. The number of aryl methyl sites for hydroxylation is 1. The predicted molar refractivity (Wildman–Crippen MR) is 73.4 cm³/mol. The smallest absolute Gasteiger partial charge is 0.222 e. The van der Waals surface area contributed by atoms with Gasteiger partial charge in [-0.1, -0.05) is 30.3 Å². The van der Waals surface area contributed by atoms with Gasteiger partial charge in [0.1, 0.15) is 5.82 Å². The average Bonchev–Trinajstić information content (AvgIpc) is 2.70. The standard InChI is InChI=1S/C14H17N3O2/c1-14(2,17(18)19)9-12-10-16(3)13(15-12)11-7-5-4-6-8-11/h4-8,10H,9H2,1-3H3. The van der Waals surface area contributed by atoms with E-state index in [4.69, 9.17) is 0 Å². The first-order valence-electron chi connectivity index (χ1n) is 6.12. The average molecular weight is 259 g/mol. The van der Waals surface area contributed by atoms with Crippen LogP contribution in [0.3, 0.4) is 0 Å². The summed E-state index contributed by atoms with van der Waals surface area (Å²) in [5.74, 6) is 0.828. The minimum atomic E-state index is -0.998. The van der Waals surface area contributed by atoms with E-state index in [1.54, 1.807) is 13.8 Å². The van der Waals surface area contributed by atoms with Crippen LogP contribution in [0, 0.1) is 10.1 Å². The van der Waals surface area contributed by atoms with Gasteiger partial charge in [0.05, 0.1) is 12.1 Å². The Hall–Kier alpha value is -2.17. The number of benzene rings is 1. The molecule has 1 aromatic heterocycles. The molecule has 0 unspecified atom stereocenters. The van der Waals surface area contributed by atoms with Crippen molar-refractivity contribution >= 4 is 0 Å².